The second-order valence-corrected chi connectivity index (χ2v) is 4.91. The number of carbonyl (C=O) groups excluding carboxylic acids is 1. The first-order valence-electron chi connectivity index (χ1n) is 4.71. The van der Waals surface area contributed by atoms with Crippen molar-refractivity contribution in [2.75, 3.05) is 20.3 Å². The number of nitrogens with zero attached hydrogens (tertiary/aromatic N) is 1. The van der Waals surface area contributed by atoms with Crippen LogP contribution in [0.15, 0.2) is 17.2 Å². The molecule has 0 aliphatic carbocycles. The molecule has 0 atom stereocenters. The van der Waals surface area contributed by atoms with E-state index in [0.717, 1.165) is 0 Å². The lowest BCUT2D eigenvalue weighted by Gasteiger charge is -2.04. The van der Waals surface area contributed by atoms with E-state index in [1.165, 1.54) is 31.0 Å². The lowest BCUT2D eigenvalue weighted by molar-refractivity contribution is 0.0378. The van der Waals surface area contributed by atoms with E-state index < -0.39 is 16.0 Å². The van der Waals surface area contributed by atoms with E-state index >= 15 is 0 Å². The number of aryl methyl sites for hydroxylation is 1. The summed E-state index contributed by atoms with van der Waals surface area (Å²) in [5.74, 6) is -0.626. The number of nitrogens with two attached hydrogens (primary N) is 1. The molecule has 0 unspecified atom stereocenters. The second kappa shape index (κ2) is 5.30. The zero-order chi connectivity index (χ0) is 13.1. The summed E-state index contributed by atoms with van der Waals surface area (Å²) in [5, 5.41) is 4.95. The maximum absolute atomic E-state index is 11.5. The quantitative estimate of drug-likeness (QED) is 0.568. The predicted molar refractivity (Wildman–Crippen MR) is 58.9 cm³/mol. The van der Waals surface area contributed by atoms with Crippen molar-refractivity contribution < 1.29 is 22.7 Å². The van der Waals surface area contributed by atoms with Gasteiger partial charge in [-0.2, -0.15) is 0 Å². The normalized spacial score (nSPS) is 11.5. The lowest BCUT2D eigenvalue weighted by atomic mass is 10.4. The Morgan fingerprint density at radius 2 is 2.12 bits per heavy atom. The number of hydrogen-bond acceptors (Lipinski definition) is 5. The molecule has 0 spiro atoms. The molecule has 0 radical (unpaired) electrons. The fraction of sp³-hybridized carbons (Fsp3) is 0.444. The van der Waals surface area contributed by atoms with Gasteiger partial charge in [0.15, 0.2) is 0 Å². The van der Waals surface area contributed by atoms with Crippen LogP contribution in [0, 0.1) is 0 Å². The van der Waals surface area contributed by atoms with Gasteiger partial charge < -0.3 is 14.0 Å². The van der Waals surface area contributed by atoms with Crippen LogP contribution in [0.1, 0.15) is 10.5 Å². The van der Waals surface area contributed by atoms with Gasteiger partial charge in [0.2, 0.25) is 10.0 Å². The molecule has 8 heteroatoms. The molecule has 7 nitrogen and oxygen atoms in total. The minimum Gasteiger partial charge on any atom is -0.459 e. The van der Waals surface area contributed by atoms with Crippen molar-refractivity contribution in [3.63, 3.8) is 0 Å². The van der Waals surface area contributed by atoms with Crippen LogP contribution in [0.2, 0.25) is 0 Å². The molecule has 1 rings (SSSR count). The van der Waals surface area contributed by atoms with Crippen LogP contribution >= 0.6 is 0 Å². The Labute approximate surface area is 99.2 Å². The summed E-state index contributed by atoms with van der Waals surface area (Å²) in [7, 11) is -0.806. The predicted octanol–water partition coefficient (Wildman–Crippen LogP) is -0.524. The molecular formula is C9H14N2O5S. The molecule has 96 valence electrons. The maximum atomic E-state index is 11.5. The van der Waals surface area contributed by atoms with Gasteiger partial charge in [0.25, 0.3) is 0 Å². The summed E-state index contributed by atoms with van der Waals surface area (Å²) in [5.41, 5.74) is 0.116. The Morgan fingerprint density at radius 3 is 2.59 bits per heavy atom. The lowest BCUT2D eigenvalue weighted by Crippen LogP contribution is -2.13. The molecule has 0 aliphatic heterocycles. The van der Waals surface area contributed by atoms with Crippen LogP contribution in [-0.2, 0) is 26.5 Å². The summed E-state index contributed by atoms with van der Waals surface area (Å²) in [6.07, 6.45) is 1.25. The van der Waals surface area contributed by atoms with Gasteiger partial charge in [-0.25, -0.2) is 18.4 Å². The minimum absolute atomic E-state index is 0.102. The van der Waals surface area contributed by atoms with Crippen molar-refractivity contribution in [3.05, 3.63) is 18.0 Å². The van der Waals surface area contributed by atoms with E-state index in [2.05, 4.69) is 0 Å². The molecule has 0 fully saturated rings. The van der Waals surface area contributed by atoms with Gasteiger partial charge in [0.1, 0.15) is 17.2 Å². The van der Waals surface area contributed by atoms with Gasteiger partial charge in [-0.15, -0.1) is 0 Å². The first kappa shape index (κ1) is 13.7. The average molecular weight is 262 g/mol. The molecule has 0 aromatic carbocycles. The molecule has 0 aliphatic rings. The highest BCUT2D eigenvalue weighted by atomic mass is 32.2. The molecular weight excluding hydrogens is 248 g/mol. The Morgan fingerprint density at radius 1 is 1.47 bits per heavy atom. The van der Waals surface area contributed by atoms with E-state index in [9.17, 15) is 13.2 Å². The number of ether oxygens (including phenoxy) is 2. The number of carbonyl (C=O) groups is 1. The fourth-order valence-corrected chi connectivity index (χ4v) is 1.77. The summed E-state index contributed by atoms with van der Waals surface area (Å²) in [4.78, 5) is 11.4. The Balaban J connectivity index is 2.85. The standard InChI is InChI=1S/C9H14N2O5S/c1-11-6-7(17(10,13)14)5-8(11)9(12)16-4-3-15-2/h5-6H,3-4H2,1-2H3,(H2,10,13,14). The summed E-state index contributed by atoms with van der Waals surface area (Å²) in [6.45, 7) is 0.378. The Hall–Kier alpha value is -1.38. The highest BCUT2D eigenvalue weighted by Crippen LogP contribution is 2.12. The van der Waals surface area contributed by atoms with Crippen molar-refractivity contribution in [1.82, 2.24) is 4.57 Å². The van der Waals surface area contributed by atoms with Crippen LogP contribution in [0.4, 0.5) is 0 Å². The van der Waals surface area contributed by atoms with E-state index in [1.807, 2.05) is 0 Å². The number of rotatable bonds is 5. The number of aromatic nitrogens is 1. The van der Waals surface area contributed by atoms with Crippen molar-refractivity contribution >= 4 is 16.0 Å². The largest absolute Gasteiger partial charge is 0.459 e. The third kappa shape index (κ3) is 3.55. The van der Waals surface area contributed by atoms with Gasteiger partial charge in [-0.05, 0) is 6.07 Å². The van der Waals surface area contributed by atoms with Gasteiger partial charge in [0, 0.05) is 20.4 Å². The Bertz CT molecular complexity index is 505. The number of esters is 1. The molecule has 2 N–H and O–H groups in total. The number of hydrogen-bond donors (Lipinski definition) is 1. The van der Waals surface area contributed by atoms with Crippen LogP contribution in [0.5, 0.6) is 0 Å². The third-order valence-electron chi connectivity index (χ3n) is 2.04. The topological polar surface area (TPSA) is 101 Å². The van der Waals surface area contributed by atoms with Crippen molar-refractivity contribution in [1.29, 1.82) is 0 Å². The van der Waals surface area contributed by atoms with Crippen LogP contribution in [0.3, 0.4) is 0 Å². The van der Waals surface area contributed by atoms with E-state index in [4.69, 9.17) is 14.6 Å². The monoisotopic (exact) mass is 262 g/mol. The highest BCUT2D eigenvalue weighted by Gasteiger charge is 2.18. The van der Waals surface area contributed by atoms with Crippen LogP contribution in [-0.4, -0.2) is 39.3 Å². The van der Waals surface area contributed by atoms with Crippen molar-refractivity contribution in [2.45, 2.75) is 4.90 Å². The third-order valence-corrected chi connectivity index (χ3v) is 2.92. The molecule has 1 heterocycles. The minimum atomic E-state index is -3.82. The summed E-state index contributed by atoms with van der Waals surface area (Å²) in [6, 6.07) is 1.17. The van der Waals surface area contributed by atoms with Crippen molar-refractivity contribution in [3.8, 4) is 0 Å². The summed E-state index contributed by atoms with van der Waals surface area (Å²) < 4.78 is 33.1. The maximum Gasteiger partial charge on any atom is 0.355 e. The summed E-state index contributed by atoms with van der Waals surface area (Å²) >= 11 is 0. The Kier molecular flexibility index (Phi) is 4.27. The number of methoxy groups -OCH3 is 1. The molecule has 0 bridgehead atoms. The second-order valence-electron chi connectivity index (χ2n) is 3.35. The van der Waals surface area contributed by atoms with Crippen LogP contribution < -0.4 is 5.14 Å². The highest BCUT2D eigenvalue weighted by molar-refractivity contribution is 7.89. The van der Waals surface area contributed by atoms with Gasteiger partial charge in [-0.1, -0.05) is 0 Å². The zero-order valence-corrected chi connectivity index (χ0v) is 10.4. The first-order valence-corrected chi connectivity index (χ1v) is 6.26. The zero-order valence-electron chi connectivity index (χ0n) is 9.54. The molecule has 17 heavy (non-hydrogen) atoms. The van der Waals surface area contributed by atoms with E-state index in [0.29, 0.717) is 0 Å². The fourth-order valence-electron chi connectivity index (χ4n) is 1.18. The molecule has 1 aromatic heterocycles. The van der Waals surface area contributed by atoms with E-state index in [1.54, 1.807) is 0 Å². The molecule has 1 aromatic rings. The molecule has 0 amide bonds. The van der Waals surface area contributed by atoms with E-state index in [-0.39, 0.29) is 23.8 Å². The van der Waals surface area contributed by atoms with Crippen molar-refractivity contribution in [2.24, 2.45) is 12.2 Å². The molecule has 0 saturated heterocycles. The van der Waals surface area contributed by atoms with Gasteiger partial charge in [0.05, 0.1) is 6.61 Å². The van der Waals surface area contributed by atoms with Gasteiger partial charge in [-0.3, -0.25) is 0 Å². The number of primary sulfonamides is 1. The number of sulfonamides is 1. The first-order chi connectivity index (χ1) is 7.86. The average Bonchev–Trinajstić information content (AvgIpc) is 2.60. The van der Waals surface area contributed by atoms with Gasteiger partial charge >= 0.3 is 5.97 Å². The smallest absolute Gasteiger partial charge is 0.355 e. The SMILES string of the molecule is COCCOC(=O)c1cc(S(N)(=O)=O)cn1C. The molecule has 0 saturated carbocycles. The van der Waals surface area contributed by atoms with Crippen LogP contribution in [0.25, 0.3) is 0 Å².